The Kier molecular flexibility index (Phi) is 3.99. The number of rotatable bonds is 3. The molecular weight excluding hydrogens is 236 g/mol. The van der Waals surface area contributed by atoms with Gasteiger partial charge in [0.05, 0.1) is 12.7 Å². The molecular formula is C13H18O5. The van der Waals surface area contributed by atoms with Crippen LogP contribution in [0.5, 0.6) is 0 Å². The van der Waals surface area contributed by atoms with Gasteiger partial charge in [-0.05, 0) is 5.56 Å². The summed E-state index contributed by atoms with van der Waals surface area (Å²) in [5.41, 5.74) is -0.757. The minimum atomic E-state index is -1.59. The van der Waals surface area contributed by atoms with Crippen LogP contribution in [0.1, 0.15) is 12.0 Å². The highest BCUT2D eigenvalue weighted by molar-refractivity contribution is 5.19. The first-order chi connectivity index (χ1) is 8.56. The second-order valence-corrected chi connectivity index (χ2v) is 4.67. The van der Waals surface area contributed by atoms with E-state index in [9.17, 15) is 20.4 Å². The van der Waals surface area contributed by atoms with E-state index in [-0.39, 0.29) is 12.8 Å². The molecule has 1 fully saturated rings. The molecule has 2 rings (SSSR count). The van der Waals surface area contributed by atoms with Crippen LogP contribution in [0.15, 0.2) is 30.3 Å². The fraction of sp³-hybridized carbons (Fsp3) is 0.538. The summed E-state index contributed by atoms with van der Waals surface area (Å²) >= 11 is 0. The standard InChI is InChI=1S/C13H18O5/c14-8-11-13(17,10(15)6-12(16)18-11)7-9-4-2-1-3-5-9/h1-5,10-12,14-17H,6-8H2/t10-,11-,12+,13+/m1/s1. The summed E-state index contributed by atoms with van der Waals surface area (Å²) in [7, 11) is 0. The van der Waals surface area contributed by atoms with Gasteiger partial charge in [0, 0.05) is 12.8 Å². The van der Waals surface area contributed by atoms with Crippen LogP contribution in [0.4, 0.5) is 0 Å². The fourth-order valence-corrected chi connectivity index (χ4v) is 2.33. The molecule has 1 aliphatic heterocycles. The topological polar surface area (TPSA) is 90.2 Å². The van der Waals surface area contributed by atoms with E-state index >= 15 is 0 Å². The quantitative estimate of drug-likeness (QED) is 0.579. The molecule has 0 bridgehead atoms. The minimum absolute atomic E-state index is 0.0696. The Balaban J connectivity index is 2.20. The highest BCUT2D eigenvalue weighted by atomic mass is 16.6. The zero-order chi connectivity index (χ0) is 13.2. The number of aliphatic hydroxyl groups is 4. The SMILES string of the molecule is OC[C@H]1O[C@H](O)C[C@@H](O)[C@@]1(O)Cc1ccccc1. The number of benzene rings is 1. The Bertz CT molecular complexity index is 382. The third kappa shape index (κ3) is 2.55. The third-order valence-electron chi connectivity index (χ3n) is 3.38. The van der Waals surface area contributed by atoms with Crippen molar-refractivity contribution in [3.8, 4) is 0 Å². The smallest absolute Gasteiger partial charge is 0.157 e. The molecule has 4 atom stereocenters. The molecule has 1 aromatic rings. The van der Waals surface area contributed by atoms with Crippen LogP contribution in [0, 0.1) is 0 Å². The van der Waals surface area contributed by atoms with E-state index in [0.29, 0.717) is 0 Å². The summed E-state index contributed by atoms with van der Waals surface area (Å²) in [6.07, 6.45) is -3.21. The molecule has 0 saturated carbocycles. The third-order valence-corrected chi connectivity index (χ3v) is 3.38. The molecule has 0 aliphatic carbocycles. The van der Waals surface area contributed by atoms with Crippen molar-refractivity contribution >= 4 is 0 Å². The fourth-order valence-electron chi connectivity index (χ4n) is 2.33. The predicted octanol–water partition coefficient (Wildman–Crippen LogP) is -0.579. The Labute approximate surface area is 105 Å². The first kappa shape index (κ1) is 13.5. The summed E-state index contributed by atoms with van der Waals surface area (Å²) in [5, 5.41) is 39.1. The normalized spacial score (nSPS) is 36.6. The predicted molar refractivity (Wildman–Crippen MR) is 63.7 cm³/mol. The van der Waals surface area contributed by atoms with Crippen LogP contribution in [0.25, 0.3) is 0 Å². The molecule has 1 aliphatic rings. The molecule has 0 amide bonds. The maximum atomic E-state index is 10.5. The van der Waals surface area contributed by atoms with E-state index in [4.69, 9.17) is 4.74 Å². The summed E-state index contributed by atoms with van der Waals surface area (Å²) in [4.78, 5) is 0. The van der Waals surface area contributed by atoms with E-state index in [1.807, 2.05) is 30.3 Å². The van der Waals surface area contributed by atoms with Crippen molar-refractivity contribution in [1.82, 2.24) is 0 Å². The molecule has 4 N–H and O–H groups in total. The van der Waals surface area contributed by atoms with Gasteiger partial charge in [-0.25, -0.2) is 0 Å². The number of aliphatic hydroxyl groups excluding tert-OH is 3. The van der Waals surface area contributed by atoms with Crippen molar-refractivity contribution in [2.75, 3.05) is 6.61 Å². The van der Waals surface area contributed by atoms with Crippen molar-refractivity contribution < 1.29 is 25.2 Å². The number of hydrogen-bond donors (Lipinski definition) is 4. The van der Waals surface area contributed by atoms with E-state index in [2.05, 4.69) is 0 Å². The second kappa shape index (κ2) is 5.34. The van der Waals surface area contributed by atoms with E-state index < -0.39 is 30.7 Å². The first-order valence-corrected chi connectivity index (χ1v) is 5.95. The maximum absolute atomic E-state index is 10.5. The van der Waals surface area contributed by atoms with Crippen molar-refractivity contribution in [2.24, 2.45) is 0 Å². The van der Waals surface area contributed by atoms with Gasteiger partial charge < -0.3 is 25.2 Å². The van der Waals surface area contributed by atoms with Crippen molar-refractivity contribution in [3.05, 3.63) is 35.9 Å². The van der Waals surface area contributed by atoms with Gasteiger partial charge in [-0.1, -0.05) is 30.3 Å². The lowest BCUT2D eigenvalue weighted by atomic mass is 9.81. The van der Waals surface area contributed by atoms with Crippen LogP contribution in [0.2, 0.25) is 0 Å². The zero-order valence-electron chi connectivity index (χ0n) is 9.94. The molecule has 0 radical (unpaired) electrons. The Morgan fingerprint density at radius 2 is 1.89 bits per heavy atom. The second-order valence-electron chi connectivity index (χ2n) is 4.67. The van der Waals surface area contributed by atoms with E-state index in [1.165, 1.54) is 0 Å². The Morgan fingerprint density at radius 3 is 2.50 bits per heavy atom. The van der Waals surface area contributed by atoms with Gasteiger partial charge in [0.1, 0.15) is 11.7 Å². The molecule has 0 aromatic heterocycles. The molecule has 18 heavy (non-hydrogen) atoms. The van der Waals surface area contributed by atoms with Crippen LogP contribution in [-0.2, 0) is 11.2 Å². The molecule has 1 saturated heterocycles. The summed E-state index contributed by atoms with van der Waals surface area (Å²) in [6.45, 7) is -0.461. The van der Waals surface area contributed by atoms with Gasteiger partial charge in [-0.3, -0.25) is 0 Å². The van der Waals surface area contributed by atoms with Crippen molar-refractivity contribution in [3.63, 3.8) is 0 Å². The zero-order valence-corrected chi connectivity index (χ0v) is 9.94. The van der Waals surface area contributed by atoms with Gasteiger partial charge in [0.2, 0.25) is 0 Å². The average molecular weight is 254 g/mol. The highest BCUT2D eigenvalue weighted by Gasteiger charge is 2.49. The monoisotopic (exact) mass is 254 g/mol. The van der Waals surface area contributed by atoms with Gasteiger partial charge >= 0.3 is 0 Å². The van der Waals surface area contributed by atoms with E-state index in [1.54, 1.807) is 0 Å². The highest BCUT2D eigenvalue weighted by Crippen LogP contribution is 2.31. The first-order valence-electron chi connectivity index (χ1n) is 5.95. The van der Waals surface area contributed by atoms with E-state index in [0.717, 1.165) is 5.56 Å². The van der Waals surface area contributed by atoms with Crippen molar-refractivity contribution in [1.29, 1.82) is 0 Å². The van der Waals surface area contributed by atoms with Gasteiger partial charge in [-0.15, -0.1) is 0 Å². The minimum Gasteiger partial charge on any atom is -0.394 e. The van der Waals surface area contributed by atoms with Crippen LogP contribution in [-0.4, -0.2) is 51.1 Å². The van der Waals surface area contributed by atoms with Crippen molar-refractivity contribution in [2.45, 2.75) is 36.9 Å². The van der Waals surface area contributed by atoms with Gasteiger partial charge in [0.25, 0.3) is 0 Å². The van der Waals surface area contributed by atoms with Crippen LogP contribution in [0.3, 0.4) is 0 Å². The maximum Gasteiger partial charge on any atom is 0.157 e. The molecule has 0 unspecified atom stereocenters. The van der Waals surface area contributed by atoms with Crippen LogP contribution < -0.4 is 0 Å². The van der Waals surface area contributed by atoms with Gasteiger partial charge in [0.15, 0.2) is 6.29 Å². The lowest BCUT2D eigenvalue weighted by Crippen LogP contribution is -2.61. The molecule has 5 heteroatoms. The van der Waals surface area contributed by atoms with Gasteiger partial charge in [-0.2, -0.15) is 0 Å². The molecule has 100 valence electrons. The lowest BCUT2D eigenvalue weighted by molar-refractivity contribution is -0.280. The number of hydrogen-bond acceptors (Lipinski definition) is 5. The molecule has 5 nitrogen and oxygen atoms in total. The van der Waals surface area contributed by atoms with Crippen LogP contribution >= 0.6 is 0 Å². The average Bonchev–Trinajstić information content (AvgIpc) is 2.35. The summed E-state index contributed by atoms with van der Waals surface area (Å²) in [5.74, 6) is 0. The molecule has 1 aromatic carbocycles. The summed E-state index contributed by atoms with van der Waals surface area (Å²) < 4.78 is 5.09. The number of ether oxygens (including phenoxy) is 1. The Morgan fingerprint density at radius 1 is 1.22 bits per heavy atom. The summed E-state index contributed by atoms with van der Waals surface area (Å²) in [6, 6.07) is 9.16. The largest absolute Gasteiger partial charge is 0.394 e. The Hall–Kier alpha value is -0.980. The lowest BCUT2D eigenvalue weighted by Gasteiger charge is -2.44. The molecule has 0 spiro atoms. The molecule has 1 heterocycles.